The molecule has 1 aliphatic rings. The third kappa shape index (κ3) is 1.46. The van der Waals surface area contributed by atoms with Crippen molar-refractivity contribution in [2.45, 2.75) is 13.0 Å². The maximum Gasteiger partial charge on any atom is 0.335 e. The Hall–Kier alpha value is -1.84. The number of hydrogen-bond acceptors (Lipinski definition) is 3. The minimum absolute atomic E-state index is 0.163. The number of carbonyl (C=O) groups excluding carboxylic acids is 1. The first-order valence-electron chi connectivity index (χ1n) is 4.17. The van der Waals surface area contributed by atoms with Crippen LogP contribution in [0.3, 0.4) is 0 Å². The van der Waals surface area contributed by atoms with Crippen LogP contribution < -0.4 is 0 Å². The number of carbonyl (C=O) groups is 2. The Labute approximate surface area is 80.1 Å². The summed E-state index contributed by atoms with van der Waals surface area (Å²) in [5, 5.41) is 8.74. The average molecular weight is 192 g/mol. The predicted octanol–water partition coefficient (Wildman–Crippen LogP) is 0.984. The van der Waals surface area contributed by atoms with E-state index in [1.54, 1.807) is 6.07 Å². The van der Waals surface area contributed by atoms with E-state index in [1.807, 2.05) is 0 Å². The zero-order chi connectivity index (χ0) is 10.1. The summed E-state index contributed by atoms with van der Waals surface area (Å²) in [5.41, 5.74) is 1.84. The van der Waals surface area contributed by atoms with Gasteiger partial charge in [0.1, 0.15) is 6.61 Å². The minimum Gasteiger partial charge on any atom is -0.478 e. The Kier molecular flexibility index (Phi) is 1.96. The van der Waals surface area contributed by atoms with Crippen LogP contribution in [-0.4, -0.2) is 17.0 Å². The molecule has 0 unspecified atom stereocenters. The number of benzene rings is 1. The fourth-order valence-electron chi connectivity index (χ4n) is 1.43. The fraction of sp³-hybridized carbons (Fsp3) is 0.200. The van der Waals surface area contributed by atoms with Gasteiger partial charge in [-0.3, -0.25) is 4.79 Å². The Morgan fingerprint density at radius 1 is 1.36 bits per heavy atom. The highest BCUT2D eigenvalue weighted by molar-refractivity contribution is 5.88. The molecule has 0 saturated heterocycles. The van der Waals surface area contributed by atoms with Gasteiger partial charge >= 0.3 is 11.9 Å². The molecule has 0 fully saturated rings. The highest BCUT2D eigenvalue weighted by Crippen LogP contribution is 2.18. The SMILES string of the molecule is O=C1Cc2cc(C(=O)O)ccc2CO1. The van der Waals surface area contributed by atoms with E-state index < -0.39 is 5.97 Å². The van der Waals surface area contributed by atoms with Crippen molar-refractivity contribution in [3.05, 3.63) is 34.9 Å². The lowest BCUT2D eigenvalue weighted by Crippen LogP contribution is -2.16. The Morgan fingerprint density at radius 2 is 2.14 bits per heavy atom. The third-order valence-electron chi connectivity index (χ3n) is 2.18. The number of carboxylic acid groups (broad SMARTS) is 1. The molecule has 1 heterocycles. The standard InChI is InChI=1S/C10H8O4/c11-9-4-8-3-6(10(12)13)1-2-7(8)5-14-9/h1-3H,4-5H2,(H,12,13). The van der Waals surface area contributed by atoms with E-state index in [0.29, 0.717) is 0 Å². The molecular formula is C10H8O4. The first kappa shape index (κ1) is 8.74. The molecule has 1 aromatic rings. The van der Waals surface area contributed by atoms with Crippen LogP contribution in [0.2, 0.25) is 0 Å². The first-order valence-corrected chi connectivity index (χ1v) is 4.17. The van der Waals surface area contributed by atoms with E-state index in [4.69, 9.17) is 9.84 Å². The van der Waals surface area contributed by atoms with E-state index in [-0.39, 0.29) is 24.6 Å². The molecule has 1 aromatic carbocycles. The van der Waals surface area contributed by atoms with Crippen molar-refractivity contribution in [3.8, 4) is 0 Å². The van der Waals surface area contributed by atoms with Gasteiger partial charge in [0.05, 0.1) is 12.0 Å². The smallest absolute Gasteiger partial charge is 0.335 e. The van der Waals surface area contributed by atoms with Gasteiger partial charge in [-0.15, -0.1) is 0 Å². The summed E-state index contributed by atoms with van der Waals surface area (Å²) in [4.78, 5) is 21.6. The second-order valence-electron chi connectivity index (χ2n) is 3.13. The molecule has 4 heteroatoms. The van der Waals surface area contributed by atoms with Crippen LogP contribution in [0.15, 0.2) is 18.2 Å². The second kappa shape index (κ2) is 3.14. The first-order chi connectivity index (χ1) is 6.66. The number of carboxylic acids is 1. The summed E-state index contributed by atoms with van der Waals surface area (Å²) >= 11 is 0. The summed E-state index contributed by atoms with van der Waals surface area (Å²) in [6.45, 7) is 0.244. The lowest BCUT2D eigenvalue weighted by atomic mass is 10.0. The predicted molar refractivity (Wildman–Crippen MR) is 46.9 cm³/mol. The van der Waals surface area contributed by atoms with Crippen molar-refractivity contribution in [2.75, 3.05) is 0 Å². The molecule has 0 atom stereocenters. The number of ether oxygens (including phenoxy) is 1. The zero-order valence-electron chi connectivity index (χ0n) is 7.32. The highest BCUT2D eigenvalue weighted by Gasteiger charge is 2.17. The maximum absolute atomic E-state index is 10.9. The number of esters is 1. The molecule has 0 radical (unpaired) electrons. The summed E-state index contributed by atoms with van der Waals surface area (Å²) in [6, 6.07) is 4.73. The molecule has 4 nitrogen and oxygen atoms in total. The molecule has 1 aliphatic heterocycles. The molecule has 72 valence electrons. The average Bonchev–Trinajstić information content (AvgIpc) is 2.16. The van der Waals surface area contributed by atoms with Gasteiger partial charge in [0.25, 0.3) is 0 Å². The normalized spacial score (nSPS) is 14.4. The molecule has 14 heavy (non-hydrogen) atoms. The van der Waals surface area contributed by atoms with Gasteiger partial charge in [0, 0.05) is 0 Å². The fourth-order valence-corrected chi connectivity index (χ4v) is 1.43. The molecule has 0 spiro atoms. The number of aromatic carboxylic acids is 1. The van der Waals surface area contributed by atoms with Gasteiger partial charge in [0.2, 0.25) is 0 Å². The van der Waals surface area contributed by atoms with E-state index in [1.165, 1.54) is 12.1 Å². The van der Waals surface area contributed by atoms with Crippen LogP contribution in [0.5, 0.6) is 0 Å². The summed E-state index contributed by atoms with van der Waals surface area (Å²) in [7, 11) is 0. The molecule has 0 saturated carbocycles. The Balaban J connectivity index is 2.42. The Morgan fingerprint density at radius 3 is 2.86 bits per heavy atom. The summed E-state index contributed by atoms with van der Waals surface area (Å²) < 4.78 is 4.82. The number of cyclic esters (lactones) is 1. The summed E-state index contributed by atoms with van der Waals surface area (Å²) in [6.07, 6.45) is 0.163. The van der Waals surface area contributed by atoms with Crippen LogP contribution in [0.25, 0.3) is 0 Å². The van der Waals surface area contributed by atoms with Crippen LogP contribution in [0.4, 0.5) is 0 Å². The molecule has 1 N–H and O–H groups in total. The largest absolute Gasteiger partial charge is 0.478 e. The van der Waals surface area contributed by atoms with Gasteiger partial charge in [-0.2, -0.15) is 0 Å². The molecule has 2 rings (SSSR count). The number of rotatable bonds is 1. The van der Waals surface area contributed by atoms with Crippen molar-refractivity contribution in [1.29, 1.82) is 0 Å². The van der Waals surface area contributed by atoms with Gasteiger partial charge in [-0.05, 0) is 23.3 Å². The van der Waals surface area contributed by atoms with E-state index >= 15 is 0 Å². The second-order valence-corrected chi connectivity index (χ2v) is 3.13. The van der Waals surface area contributed by atoms with Crippen molar-refractivity contribution in [3.63, 3.8) is 0 Å². The quantitative estimate of drug-likeness (QED) is 0.674. The number of hydrogen-bond donors (Lipinski definition) is 1. The van der Waals surface area contributed by atoms with Gasteiger partial charge in [0.15, 0.2) is 0 Å². The van der Waals surface area contributed by atoms with Crippen LogP contribution in [0, 0.1) is 0 Å². The van der Waals surface area contributed by atoms with Gasteiger partial charge in [-0.1, -0.05) is 6.07 Å². The van der Waals surface area contributed by atoms with Crippen molar-refractivity contribution in [2.24, 2.45) is 0 Å². The van der Waals surface area contributed by atoms with E-state index in [2.05, 4.69) is 0 Å². The van der Waals surface area contributed by atoms with Crippen molar-refractivity contribution < 1.29 is 19.4 Å². The van der Waals surface area contributed by atoms with Crippen molar-refractivity contribution >= 4 is 11.9 Å². The molecular weight excluding hydrogens is 184 g/mol. The zero-order valence-corrected chi connectivity index (χ0v) is 7.32. The maximum atomic E-state index is 10.9. The third-order valence-corrected chi connectivity index (χ3v) is 2.18. The van der Waals surface area contributed by atoms with E-state index in [0.717, 1.165) is 11.1 Å². The monoisotopic (exact) mass is 192 g/mol. The molecule has 0 aromatic heterocycles. The highest BCUT2D eigenvalue weighted by atomic mass is 16.5. The van der Waals surface area contributed by atoms with Crippen LogP contribution in [-0.2, 0) is 22.6 Å². The van der Waals surface area contributed by atoms with Crippen LogP contribution >= 0.6 is 0 Å². The lowest BCUT2D eigenvalue weighted by Gasteiger charge is -2.15. The molecule has 0 aliphatic carbocycles. The van der Waals surface area contributed by atoms with E-state index in [9.17, 15) is 9.59 Å². The molecule has 0 bridgehead atoms. The Bertz CT molecular complexity index is 409. The molecule has 0 amide bonds. The topological polar surface area (TPSA) is 63.6 Å². The minimum atomic E-state index is -0.980. The van der Waals surface area contributed by atoms with Crippen LogP contribution in [0.1, 0.15) is 21.5 Å². The lowest BCUT2D eigenvalue weighted by molar-refractivity contribution is -0.145. The van der Waals surface area contributed by atoms with Crippen molar-refractivity contribution in [1.82, 2.24) is 0 Å². The van der Waals surface area contributed by atoms with Gasteiger partial charge < -0.3 is 9.84 Å². The summed E-state index contributed by atoms with van der Waals surface area (Å²) in [5.74, 6) is -1.29. The number of fused-ring (bicyclic) bond motifs is 1. The van der Waals surface area contributed by atoms with Gasteiger partial charge in [-0.25, -0.2) is 4.79 Å².